The highest BCUT2D eigenvalue weighted by atomic mass is 16.6. The van der Waals surface area contributed by atoms with Crippen molar-refractivity contribution in [2.45, 2.75) is 25.4 Å². The molecule has 2 aliphatic heterocycles. The smallest absolute Gasteiger partial charge is 0.347 e. The Morgan fingerprint density at radius 3 is 2.70 bits per heavy atom. The van der Waals surface area contributed by atoms with Gasteiger partial charge in [-0.25, -0.2) is 9.59 Å². The number of carbonyl (C=O) groups excluding carboxylic acids is 2. The summed E-state index contributed by atoms with van der Waals surface area (Å²) in [6.07, 6.45) is 1.35. The van der Waals surface area contributed by atoms with E-state index in [0.717, 1.165) is 25.9 Å². The molecule has 2 aliphatic rings. The quantitative estimate of drug-likeness (QED) is 0.472. The van der Waals surface area contributed by atoms with E-state index in [-0.39, 0.29) is 17.9 Å². The number of carbonyl (C=O) groups is 2. The molecular formula is C15H16N2O6. The Hall–Kier alpha value is -2.64. The van der Waals surface area contributed by atoms with Crippen LogP contribution in [0.1, 0.15) is 29.6 Å². The van der Waals surface area contributed by atoms with Crippen molar-refractivity contribution < 1.29 is 24.0 Å². The van der Waals surface area contributed by atoms with Crippen LogP contribution in [0.3, 0.4) is 0 Å². The molecule has 0 amide bonds. The van der Waals surface area contributed by atoms with Crippen molar-refractivity contribution in [2.24, 2.45) is 0 Å². The highest BCUT2D eigenvalue weighted by molar-refractivity contribution is 5.93. The molecule has 1 atom stereocenters. The summed E-state index contributed by atoms with van der Waals surface area (Å²) in [6, 6.07) is 4.26. The number of ether oxygens (including phenoxy) is 2. The van der Waals surface area contributed by atoms with Gasteiger partial charge in [0.2, 0.25) is 6.10 Å². The minimum Gasteiger partial charge on any atom is -0.463 e. The summed E-state index contributed by atoms with van der Waals surface area (Å²) in [6.45, 7) is 1.74. The maximum absolute atomic E-state index is 12.1. The molecule has 3 rings (SSSR count). The molecule has 0 N–H and O–H groups in total. The lowest BCUT2D eigenvalue weighted by Crippen LogP contribution is -2.23. The van der Waals surface area contributed by atoms with Crippen LogP contribution >= 0.6 is 0 Å². The highest BCUT2D eigenvalue weighted by Gasteiger charge is 2.31. The summed E-state index contributed by atoms with van der Waals surface area (Å²) in [5, 5.41) is 11.3. The van der Waals surface area contributed by atoms with Crippen molar-refractivity contribution in [1.82, 2.24) is 0 Å². The second-order valence-corrected chi connectivity index (χ2v) is 5.50. The van der Waals surface area contributed by atoms with Crippen LogP contribution in [0.5, 0.6) is 0 Å². The van der Waals surface area contributed by atoms with Crippen molar-refractivity contribution in [1.29, 1.82) is 0 Å². The summed E-state index contributed by atoms with van der Waals surface area (Å²) in [7, 11) is 0. The molecule has 0 unspecified atom stereocenters. The van der Waals surface area contributed by atoms with Crippen molar-refractivity contribution in [3.8, 4) is 0 Å². The number of hydrogen-bond acceptors (Lipinski definition) is 7. The third kappa shape index (κ3) is 3.10. The number of nitrogens with zero attached hydrogens (tertiary/aromatic N) is 2. The minimum absolute atomic E-state index is 0.0550. The number of cyclic esters (lactones) is 1. The largest absolute Gasteiger partial charge is 0.463 e. The van der Waals surface area contributed by atoms with Crippen LogP contribution in [0.25, 0.3) is 0 Å². The Morgan fingerprint density at radius 1 is 1.35 bits per heavy atom. The number of rotatable bonds is 4. The lowest BCUT2D eigenvalue weighted by Gasteiger charge is -2.17. The zero-order valence-corrected chi connectivity index (χ0v) is 12.4. The maximum Gasteiger partial charge on any atom is 0.347 e. The zero-order valence-electron chi connectivity index (χ0n) is 12.4. The number of benzene rings is 1. The molecular weight excluding hydrogens is 304 g/mol. The van der Waals surface area contributed by atoms with E-state index < -0.39 is 23.0 Å². The van der Waals surface area contributed by atoms with Gasteiger partial charge in [-0.3, -0.25) is 10.1 Å². The SMILES string of the molecule is O=C(O[C@@H]1CCOC1=O)c1ccc(N2CCCC2)c([N+](=O)[O-])c1. The average molecular weight is 320 g/mol. The van der Waals surface area contributed by atoms with Gasteiger partial charge in [0, 0.05) is 25.6 Å². The van der Waals surface area contributed by atoms with Gasteiger partial charge >= 0.3 is 11.9 Å². The fourth-order valence-electron chi connectivity index (χ4n) is 2.80. The Morgan fingerprint density at radius 2 is 2.09 bits per heavy atom. The number of hydrogen-bond donors (Lipinski definition) is 0. The first-order chi connectivity index (χ1) is 11.1. The van der Waals surface area contributed by atoms with E-state index in [1.54, 1.807) is 6.07 Å². The summed E-state index contributed by atoms with van der Waals surface area (Å²) in [5.74, 6) is -1.34. The second-order valence-electron chi connectivity index (χ2n) is 5.50. The molecule has 0 spiro atoms. The standard InChI is InChI=1S/C15H16N2O6/c18-14(23-13-5-8-22-15(13)19)10-3-4-11(12(9-10)17(20)21)16-6-1-2-7-16/h3-4,9,13H,1-2,5-8H2/t13-/m1/s1. The van der Waals surface area contributed by atoms with Crippen LogP contribution in [-0.2, 0) is 14.3 Å². The maximum atomic E-state index is 12.1. The van der Waals surface area contributed by atoms with E-state index in [1.807, 2.05) is 4.90 Å². The lowest BCUT2D eigenvalue weighted by molar-refractivity contribution is -0.384. The van der Waals surface area contributed by atoms with Gasteiger partial charge in [-0.15, -0.1) is 0 Å². The first kappa shape index (κ1) is 15.3. The van der Waals surface area contributed by atoms with Gasteiger partial charge in [0.15, 0.2) is 0 Å². The molecule has 1 aromatic carbocycles. The molecule has 23 heavy (non-hydrogen) atoms. The topological polar surface area (TPSA) is 99.0 Å². The molecule has 8 heteroatoms. The molecule has 2 saturated heterocycles. The summed E-state index contributed by atoms with van der Waals surface area (Å²) in [4.78, 5) is 36.1. The fourth-order valence-corrected chi connectivity index (χ4v) is 2.80. The minimum atomic E-state index is -0.931. The van der Waals surface area contributed by atoms with E-state index in [4.69, 9.17) is 9.47 Å². The van der Waals surface area contributed by atoms with Gasteiger partial charge in [0.25, 0.3) is 5.69 Å². The van der Waals surface area contributed by atoms with Gasteiger partial charge < -0.3 is 14.4 Å². The van der Waals surface area contributed by atoms with Crippen molar-refractivity contribution in [3.63, 3.8) is 0 Å². The third-order valence-electron chi connectivity index (χ3n) is 3.99. The Kier molecular flexibility index (Phi) is 4.14. The summed E-state index contributed by atoms with van der Waals surface area (Å²) >= 11 is 0. The molecule has 0 aromatic heterocycles. The first-order valence-corrected chi connectivity index (χ1v) is 7.47. The summed E-state index contributed by atoms with van der Waals surface area (Å²) < 4.78 is 9.78. The Balaban J connectivity index is 1.82. The van der Waals surface area contributed by atoms with Crippen molar-refractivity contribution in [2.75, 3.05) is 24.6 Å². The van der Waals surface area contributed by atoms with E-state index >= 15 is 0 Å². The molecule has 1 aromatic rings. The predicted octanol–water partition coefficient (Wildman–Crippen LogP) is 1.67. The third-order valence-corrected chi connectivity index (χ3v) is 3.99. The second kappa shape index (κ2) is 6.23. The van der Waals surface area contributed by atoms with Gasteiger partial charge in [-0.05, 0) is 25.0 Å². The van der Waals surface area contributed by atoms with Gasteiger partial charge in [-0.2, -0.15) is 0 Å². The molecule has 0 bridgehead atoms. The lowest BCUT2D eigenvalue weighted by atomic mass is 10.1. The highest BCUT2D eigenvalue weighted by Crippen LogP contribution is 2.32. The normalized spacial score (nSPS) is 20.4. The fraction of sp³-hybridized carbons (Fsp3) is 0.467. The van der Waals surface area contributed by atoms with Crippen molar-refractivity contribution >= 4 is 23.3 Å². The summed E-state index contributed by atoms with van der Waals surface area (Å²) in [5.41, 5.74) is 0.430. The van der Waals surface area contributed by atoms with Gasteiger partial charge in [-0.1, -0.05) is 0 Å². The Bertz CT molecular complexity index is 653. The molecule has 0 saturated carbocycles. The molecule has 8 nitrogen and oxygen atoms in total. The zero-order chi connectivity index (χ0) is 16.4. The van der Waals surface area contributed by atoms with Crippen LogP contribution in [0.15, 0.2) is 18.2 Å². The van der Waals surface area contributed by atoms with Gasteiger partial charge in [0.05, 0.1) is 17.1 Å². The Labute approximate surface area is 132 Å². The van der Waals surface area contributed by atoms with Gasteiger partial charge in [0.1, 0.15) is 5.69 Å². The van der Waals surface area contributed by atoms with E-state index in [0.29, 0.717) is 12.1 Å². The number of nitro benzene ring substituents is 1. The van der Waals surface area contributed by atoms with Crippen LogP contribution in [0.2, 0.25) is 0 Å². The van der Waals surface area contributed by atoms with Crippen LogP contribution < -0.4 is 4.90 Å². The number of anilines is 1. The van der Waals surface area contributed by atoms with Crippen LogP contribution in [-0.4, -0.2) is 42.7 Å². The van der Waals surface area contributed by atoms with Crippen LogP contribution in [0.4, 0.5) is 11.4 Å². The number of nitro groups is 1. The monoisotopic (exact) mass is 320 g/mol. The molecule has 0 aliphatic carbocycles. The van der Waals surface area contributed by atoms with Crippen molar-refractivity contribution in [3.05, 3.63) is 33.9 Å². The van der Waals surface area contributed by atoms with Crippen LogP contribution in [0, 0.1) is 10.1 Å². The predicted molar refractivity (Wildman–Crippen MR) is 79.3 cm³/mol. The average Bonchev–Trinajstić information content (AvgIpc) is 3.19. The molecule has 122 valence electrons. The van der Waals surface area contributed by atoms with E-state index in [2.05, 4.69) is 0 Å². The molecule has 2 heterocycles. The molecule has 0 radical (unpaired) electrons. The molecule has 2 fully saturated rings. The van der Waals surface area contributed by atoms with E-state index in [9.17, 15) is 19.7 Å². The number of esters is 2. The van der Waals surface area contributed by atoms with E-state index in [1.165, 1.54) is 12.1 Å². The first-order valence-electron chi connectivity index (χ1n) is 7.47.